The van der Waals surface area contributed by atoms with Crippen LogP contribution < -0.4 is 0 Å². The second-order valence-corrected chi connectivity index (χ2v) is 4.79. The van der Waals surface area contributed by atoms with Crippen molar-refractivity contribution in [1.82, 2.24) is 0 Å². The van der Waals surface area contributed by atoms with E-state index in [2.05, 4.69) is 15.9 Å². The summed E-state index contributed by atoms with van der Waals surface area (Å²) in [7, 11) is 0. The van der Waals surface area contributed by atoms with E-state index < -0.39 is 0 Å². The molecule has 4 nitrogen and oxygen atoms in total. The lowest BCUT2D eigenvalue weighted by Crippen LogP contribution is -2.25. The van der Waals surface area contributed by atoms with Gasteiger partial charge in [0.2, 0.25) is 23.1 Å². The van der Waals surface area contributed by atoms with Gasteiger partial charge >= 0.3 is 0 Å². The van der Waals surface area contributed by atoms with Gasteiger partial charge in [-0.2, -0.15) is 0 Å². The lowest BCUT2D eigenvalue weighted by molar-refractivity contribution is 0.0771. The van der Waals surface area contributed by atoms with E-state index >= 15 is 0 Å². The van der Waals surface area contributed by atoms with Gasteiger partial charge < -0.3 is 9.47 Å². The summed E-state index contributed by atoms with van der Waals surface area (Å²) in [6, 6.07) is 4.96. The molecule has 0 fully saturated rings. The first-order chi connectivity index (χ1) is 9.10. The Kier molecular flexibility index (Phi) is 4.04. The van der Waals surface area contributed by atoms with Crippen molar-refractivity contribution in [3.8, 4) is 0 Å². The number of Topliss-reactive ketones (excluding diaryl/α,β-unsaturated/α-hetero) is 2. The van der Waals surface area contributed by atoms with Crippen molar-refractivity contribution < 1.29 is 19.1 Å². The maximum atomic E-state index is 12.4. The predicted molar refractivity (Wildman–Crippen MR) is 73.1 cm³/mol. The third-order valence-electron chi connectivity index (χ3n) is 2.67. The summed E-state index contributed by atoms with van der Waals surface area (Å²) < 4.78 is 11.3. The molecular weight excluding hydrogens is 312 g/mol. The Bertz CT molecular complexity index is 575. The van der Waals surface area contributed by atoms with Crippen LogP contribution in [0.4, 0.5) is 0 Å². The average molecular weight is 325 g/mol. The predicted octanol–water partition coefficient (Wildman–Crippen LogP) is 3.11. The third-order valence-corrected chi connectivity index (χ3v) is 3.16. The molecular formula is C14H13BrO4. The van der Waals surface area contributed by atoms with Crippen LogP contribution in [0.3, 0.4) is 0 Å². The molecule has 0 radical (unpaired) electrons. The number of ketones is 2. The Balaban J connectivity index is 2.58. The molecule has 100 valence electrons. The van der Waals surface area contributed by atoms with Crippen LogP contribution in [-0.4, -0.2) is 24.8 Å². The van der Waals surface area contributed by atoms with Crippen molar-refractivity contribution in [2.24, 2.45) is 0 Å². The molecule has 0 aliphatic heterocycles. The molecule has 0 saturated carbocycles. The second-order valence-electron chi connectivity index (χ2n) is 3.87. The van der Waals surface area contributed by atoms with Gasteiger partial charge in [0.05, 0.1) is 13.2 Å². The fourth-order valence-corrected chi connectivity index (χ4v) is 2.27. The molecule has 0 aromatic heterocycles. The largest absolute Gasteiger partial charge is 0.486 e. The van der Waals surface area contributed by atoms with Gasteiger partial charge in [-0.3, -0.25) is 9.59 Å². The van der Waals surface area contributed by atoms with Gasteiger partial charge in [-0.15, -0.1) is 0 Å². The number of carbonyl (C=O) groups excluding carboxylic acids is 2. The summed E-state index contributed by atoms with van der Waals surface area (Å²) in [6.45, 7) is 4.11. The molecule has 1 aliphatic rings. The number of benzene rings is 1. The van der Waals surface area contributed by atoms with Crippen LogP contribution in [0, 0.1) is 0 Å². The highest BCUT2D eigenvalue weighted by atomic mass is 79.9. The molecule has 5 heteroatoms. The number of hydrogen-bond donors (Lipinski definition) is 0. The normalized spacial score (nSPS) is 14.5. The van der Waals surface area contributed by atoms with Gasteiger partial charge in [0.1, 0.15) is 0 Å². The molecule has 0 bridgehead atoms. The first-order valence-corrected chi connectivity index (χ1v) is 6.78. The summed E-state index contributed by atoms with van der Waals surface area (Å²) in [5, 5.41) is 0. The van der Waals surface area contributed by atoms with Gasteiger partial charge in [0.25, 0.3) is 0 Å². The molecule has 0 saturated heterocycles. The molecule has 0 N–H and O–H groups in total. The van der Waals surface area contributed by atoms with Crippen LogP contribution in [0.2, 0.25) is 0 Å². The Morgan fingerprint density at radius 2 is 1.47 bits per heavy atom. The molecule has 0 unspecified atom stereocenters. The third kappa shape index (κ3) is 2.42. The number of ether oxygens (including phenoxy) is 2. The average Bonchev–Trinajstić information content (AvgIpc) is 2.40. The Morgan fingerprint density at radius 3 is 2.00 bits per heavy atom. The van der Waals surface area contributed by atoms with Gasteiger partial charge in [-0.25, -0.2) is 0 Å². The lowest BCUT2D eigenvalue weighted by atomic mass is 9.92. The number of hydrogen-bond acceptors (Lipinski definition) is 4. The lowest BCUT2D eigenvalue weighted by Gasteiger charge is -2.20. The van der Waals surface area contributed by atoms with E-state index in [-0.39, 0.29) is 23.1 Å². The van der Waals surface area contributed by atoms with Crippen LogP contribution in [0.1, 0.15) is 34.6 Å². The maximum Gasteiger partial charge on any atom is 0.232 e. The van der Waals surface area contributed by atoms with Crippen molar-refractivity contribution in [3.63, 3.8) is 0 Å². The van der Waals surface area contributed by atoms with E-state index in [1.54, 1.807) is 32.0 Å². The summed E-state index contributed by atoms with van der Waals surface area (Å²) in [6.07, 6.45) is 0. The van der Waals surface area contributed by atoms with Crippen molar-refractivity contribution in [1.29, 1.82) is 0 Å². The van der Waals surface area contributed by atoms with Crippen LogP contribution in [0.25, 0.3) is 0 Å². The smallest absolute Gasteiger partial charge is 0.232 e. The second kappa shape index (κ2) is 5.57. The van der Waals surface area contributed by atoms with Gasteiger partial charge in [0, 0.05) is 15.6 Å². The zero-order valence-corrected chi connectivity index (χ0v) is 12.2. The van der Waals surface area contributed by atoms with E-state index in [9.17, 15) is 9.59 Å². The van der Waals surface area contributed by atoms with Crippen LogP contribution in [0.5, 0.6) is 0 Å². The number of carbonyl (C=O) groups is 2. The van der Waals surface area contributed by atoms with Gasteiger partial charge in [-0.1, -0.05) is 15.9 Å². The van der Waals surface area contributed by atoms with Gasteiger partial charge in [-0.05, 0) is 32.0 Å². The highest BCUT2D eigenvalue weighted by Gasteiger charge is 2.35. The van der Waals surface area contributed by atoms with Crippen LogP contribution in [0.15, 0.2) is 34.2 Å². The highest BCUT2D eigenvalue weighted by molar-refractivity contribution is 9.10. The fourth-order valence-electron chi connectivity index (χ4n) is 1.90. The minimum atomic E-state index is -0.318. The van der Waals surface area contributed by atoms with E-state index in [1.807, 2.05) is 0 Å². The first kappa shape index (κ1) is 13.8. The molecule has 0 atom stereocenters. The van der Waals surface area contributed by atoms with Crippen molar-refractivity contribution in [2.75, 3.05) is 13.2 Å². The van der Waals surface area contributed by atoms with Crippen LogP contribution in [-0.2, 0) is 9.47 Å². The molecule has 0 amide bonds. The van der Waals surface area contributed by atoms with Crippen molar-refractivity contribution in [3.05, 3.63) is 45.3 Å². The number of allylic oxidation sites excluding steroid dienone is 2. The standard InChI is InChI=1S/C14H13BrO4/c1-3-18-13-11(16)9-6-5-8(15)7-10(9)12(17)14(13)19-4-2/h5-7H,3-4H2,1-2H3. The molecule has 19 heavy (non-hydrogen) atoms. The SMILES string of the molecule is CCOC1=C(OCC)C(=O)c2cc(Br)ccc2C1=O. The van der Waals surface area contributed by atoms with E-state index in [1.165, 1.54) is 0 Å². The maximum absolute atomic E-state index is 12.4. The summed E-state index contributed by atoms with van der Waals surface area (Å²) in [5.74, 6) is -0.627. The van der Waals surface area contributed by atoms with E-state index in [0.29, 0.717) is 24.3 Å². The summed E-state index contributed by atoms with van der Waals surface area (Å²) in [5.41, 5.74) is 0.686. The van der Waals surface area contributed by atoms with Crippen molar-refractivity contribution >= 4 is 27.5 Å². The molecule has 0 heterocycles. The number of halogens is 1. The molecule has 0 spiro atoms. The molecule has 1 aromatic rings. The molecule has 2 rings (SSSR count). The Labute approximate surface area is 119 Å². The minimum Gasteiger partial charge on any atom is -0.486 e. The van der Waals surface area contributed by atoms with E-state index in [0.717, 1.165) is 4.47 Å². The molecule has 1 aromatic carbocycles. The first-order valence-electron chi connectivity index (χ1n) is 5.99. The van der Waals surface area contributed by atoms with Crippen LogP contribution >= 0.6 is 15.9 Å². The molecule has 1 aliphatic carbocycles. The Hall–Kier alpha value is -1.62. The summed E-state index contributed by atoms with van der Waals surface area (Å²) >= 11 is 3.29. The number of rotatable bonds is 4. The number of fused-ring (bicyclic) bond motifs is 1. The van der Waals surface area contributed by atoms with Crippen molar-refractivity contribution in [2.45, 2.75) is 13.8 Å². The minimum absolute atomic E-state index is 0.0000463. The fraction of sp³-hybridized carbons (Fsp3) is 0.286. The van der Waals surface area contributed by atoms with Gasteiger partial charge in [0.15, 0.2) is 0 Å². The topological polar surface area (TPSA) is 52.6 Å². The van der Waals surface area contributed by atoms with E-state index in [4.69, 9.17) is 9.47 Å². The monoisotopic (exact) mass is 324 g/mol. The summed E-state index contributed by atoms with van der Waals surface area (Å²) in [4.78, 5) is 24.7. The Morgan fingerprint density at radius 1 is 0.947 bits per heavy atom. The quantitative estimate of drug-likeness (QED) is 0.853. The highest BCUT2D eigenvalue weighted by Crippen LogP contribution is 2.29. The zero-order valence-electron chi connectivity index (χ0n) is 10.7. The zero-order chi connectivity index (χ0) is 14.0.